The molecule has 1 amide bonds. The smallest absolute Gasteiger partial charge is 0.256 e. The SMILES string of the molecule is O=C(c1c[nH]c2cc(-c3cn[nH]c3)ccc12)N(CCO)Cc1cccnc1. The molecule has 0 aliphatic rings. The first-order valence-corrected chi connectivity index (χ1v) is 8.65. The number of benzene rings is 1. The van der Waals surface area contributed by atoms with Crippen LogP contribution in [0.1, 0.15) is 15.9 Å². The Balaban J connectivity index is 1.64. The molecular weight excluding hydrogens is 342 g/mol. The molecular formula is C20H19N5O2. The average Bonchev–Trinajstić information content (AvgIpc) is 3.37. The molecule has 0 aliphatic carbocycles. The Morgan fingerprint density at radius 1 is 1.15 bits per heavy atom. The van der Waals surface area contributed by atoms with Crippen molar-refractivity contribution in [2.45, 2.75) is 6.54 Å². The monoisotopic (exact) mass is 361 g/mol. The number of pyridine rings is 1. The maximum Gasteiger partial charge on any atom is 0.256 e. The zero-order valence-corrected chi connectivity index (χ0v) is 14.6. The van der Waals surface area contributed by atoms with Crippen molar-refractivity contribution in [1.29, 1.82) is 0 Å². The van der Waals surface area contributed by atoms with E-state index in [0.29, 0.717) is 12.1 Å². The molecule has 7 nitrogen and oxygen atoms in total. The Bertz CT molecular complexity index is 1040. The fraction of sp³-hybridized carbons (Fsp3) is 0.150. The number of aliphatic hydroxyl groups is 1. The van der Waals surface area contributed by atoms with Crippen molar-refractivity contribution >= 4 is 16.8 Å². The van der Waals surface area contributed by atoms with Crippen LogP contribution in [0.5, 0.6) is 0 Å². The highest BCUT2D eigenvalue weighted by atomic mass is 16.3. The normalized spacial score (nSPS) is 11.0. The number of carbonyl (C=O) groups is 1. The number of aliphatic hydroxyl groups excluding tert-OH is 1. The maximum atomic E-state index is 13.1. The van der Waals surface area contributed by atoms with Gasteiger partial charge in [-0.05, 0) is 23.3 Å². The van der Waals surface area contributed by atoms with Gasteiger partial charge < -0.3 is 15.0 Å². The quantitative estimate of drug-likeness (QED) is 0.492. The Morgan fingerprint density at radius 2 is 2.07 bits per heavy atom. The third-order valence-corrected chi connectivity index (χ3v) is 4.50. The molecule has 0 saturated carbocycles. The molecule has 0 saturated heterocycles. The van der Waals surface area contributed by atoms with E-state index in [9.17, 15) is 9.90 Å². The molecule has 3 N–H and O–H groups in total. The average molecular weight is 361 g/mol. The largest absolute Gasteiger partial charge is 0.395 e. The van der Waals surface area contributed by atoms with Gasteiger partial charge in [0.15, 0.2) is 0 Å². The van der Waals surface area contributed by atoms with Crippen LogP contribution in [0, 0.1) is 0 Å². The van der Waals surface area contributed by atoms with Gasteiger partial charge in [-0.25, -0.2) is 0 Å². The molecule has 0 radical (unpaired) electrons. The molecule has 3 aromatic heterocycles. The highest BCUT2D eigenvalue weighted by Gasteiger charge is 2.19. The standard InChI is InChI=1S/C20H19N5O2/c26-7-6-25(13-14-2-1-5-21-9-14)20(27)18-12-22-19-8-15(3-4-17(18)19)16-10-23-24-11-16/h1-5,8-12,22,26H,6-7,13H2,(H,23,24). The van der Waals surface area contributed by atoms with E-state index in [1.807, 2.05) is 36.5 Å². The van der Waals surface area contributed by atoms with E-state index < -0.39 is 0 Å². The number of nitrogens with one attached hydrogen (secondary N) is 2. The second-order valence-electron chi connectivity index (χ2n) is 6.26. The van der Waals surface area contributed by atoms with Crippen LogP contribution in [0.2, 0.25) is 0 Å². The van der Waals surface area contributed by atoms with Crippen molar-refractivity contribution in [3.05, 3.63) is 72.4 Å². The summed E-state index contributed by atoms with van der Waals surface area (Å²) in [7, 11) is 0. The Morgan fingerprint density at radius 3 is 2.81 bits per heavy atom. The summed E-state index contributed by atoms with van der Waals surface area (Å²) in [5.74, 6) is -0.129. The van der Waals surface area contributed by atoms with Crippen LogP contribution < -0.4 is 0 Å². The number of rotatable bonds is 6. The second kappa shape index (κ2) is 7.43. The van der Waals surface area contributed by atoms with Crippen molar-refractivity contribution < 1.29 is 9.90 Å². The number of hydrogen-bond donors (Lipinski definition) is 3. The minimum Gasteiger partial charge on any atom is -0.395 e. The number of nitrogens with zero attached hydrogens (tertiary/aromatic N) is 3. The number of hydrogen-bond acceptors (Lipinski definition) is 4. The molecule has 1 aromatic carbocycles. The first kappa shape index (κ1) is 17.0. The van der Waals surface area contributed by atoms with Crippen molar-refractivity contribution in [2.75, 3.05) is 13.2 Å². The van der Waals surface area contributed by atoms with Crippen LogP contribution in [0.4, 0.5) is 0 Å². The van der Waals surface area contributed by atoms with Gasteiger partial charge in [-0.3, -0.25) is 14.9 Å². The van der Waals surface area contributed by atoms with Crippen LogP contribution in [-0.4, -0.2) is 49.2 Å². The molecule has 27 heavy (non-hydrogen) atoms. The molecule has 4 rings (SSSR count). The number of H-pyrrole nitrogens is 2. The number of aromatic amines is 2. The van der Waals surface area contributed by atoms with Crippen molar-refractivity contribution in [2.24, 2.45) is 0 Å². The zero-order valence-electron chi connectivity index (χ0n) is 14.6. The summed E-state index contributed by atoms with van der Waals surface area (Å²) in [6.45, 7) is 0.555. The summed E-state index contributed by atoms with van der Waals surface area (Å²) in [6.07, 6.45) is 8.73. The number of amides is 1. The summed E-state index contributed by atoms with van der Waals surface area (Å²) in [5.41, 5.74) is 4.38. The first-order chi connectivity index (χ1) is 13.3. The van der Waals surface area contributed by atoms with Crippen molar-refractivity contribution in [3.63, 3.8) is 0 Å². The molecule has 0 aliphatic heterocycles. The summed E-state index contributed by atoms with van der Waals surface area (Å²) in [4.78, 5) is 22.0. The van der Waals surface area contributed by atoms with Gasteiger partial charge in [0.1, 0.15) is 0 Å². The molecule has 3 heterocycles. The van der Waals surface area contributed by atoms with E-state index in [1.54, 1.807) is 29.7 Å². The van der Waals surface area contributed by atoms with E-state index in [0.717, 1.165) is 27.6 Å². The summed E-state index contributed by atoms with van der Waals surface area (Å²) < 4.78 is 0. The fourth-order valence-corrected chi connectivity index (χ4v) is 3.15. The number of carbonyl (C=O) groups excluding carboxylic acids is 1. The molecule has 0 fully saturated rings. The highest BCUT2D eigenvalue weighted by molar-refractivity contribution is 6.07. The third kappa shape index (κ3) is 3.45. The van der Waals surface area contributed by atoms with Crippen LogP contribution in [0.3, 0.4) is 0 Å². The first-order valence-electron chi connectivity index (χ1n) is 8.65. The highest BCUT2D eigenvalue weighted by Crippen LogP contribution is 2.26. The fourth-order valence-electron chi connectivity index (χ4n) is 3.15. The van der Waals surface area contributed by atoms with Crippen LogP contribution in [0.25, 0.3) is 22.0 Å². The third-order valence-electron chi connectivity index (χ3n) is 4.50. The summed E-state index contributed by atoms with van der Waals surface area (Å²) in [5, 5.41) is 17.0. The number of fused-ring (bicyclic) bond motifs is 1. The second-order valence-corrected chi connectivity index (χ2v) is 6.26. The van der Waals surface area contributed by atoms with Gasteiger partial charge in [0.25, 0.3) is 5.91 Å². The lowest BCUT2D eigenvalue weighted by molar-refractivity contribution is 0.0709. The zero-order chi connectivity index (χ0) is 18.6. The van der Waals surface area contributed by atoms with Gasteiger partial charge in [0.2, 0.25) is 0 Å². The van der Waals surface area contributed by atoms with Crippen LogP contribution in [0.15, 0.2) is 61.3 Å². The molecule has 4 aromatic rings. The van der Waals surface area contributed by atoms with Gasteiger partial charge in [-0.15, -0.1) is 0 Å². The lowest BCUT2D eigenvalue weighted by atomic mass is 10.1. The summed E-state index contributed by atoms with van der Waals surface area (Å²) >= 11 is 0. The van der Waals surface area contributed by atoms with Gasteiger partial charge in [-0.1, -0.05) is 18.2 Å². The molecule has 0 unspecified atom stereocenters. The van der Waals surface area contributed by atoms with Gasteiger partial charge in [0, 0.05) is 54.3 Å². The van der Waals surface area contributed by atoms with E-state index in [1.165, 1.54) is 0 Å². The molecule has 136 valence electrons. The lowest BCUT2D eigenvalue weighted by Crippen LogP contribution is -2.33. The van der Waals surface area contributed by atoms with E-state index in [2.05, 4.69) is 20.2 Å². The van der Waals surface area contributed by atoms with Gasteiger partial charge >= 0.3 is 0 Å². The Labute approximate surface area is 155 Å². The molecule has 0 atom stereocenters. The minimum absolute atomic E-state index is 0.0982. The number of aromatic nitrogens is 4. The molecule has 7 heteroatoms. The van der Waals surface area contributed by atoms with Crippen molar-refractivity contribution in [3.8, 4) is 11.1 Å². The Hall–Kier alpha value is -3.45. The van der Waals surface area contributed by atoms with E-state index >= 15 is 0 Å². The van der Waals surface area contributed by atoms with Crippen LogP contribution in [-0.2, 0) is 6.54 Å². The maximum absolute atomic E-state index is 13.1. The Kier molecular flexibility index (Phi) is 4.67. The molecule has 0 spiro atoms. The topological polar surface area (TPSA) is 97.9 Å². The van der Waals surface area contributed by atoms with Gasteiger partial charge in [-0.2, -0.15) is 5.10 Å². The van der Waals surface area contributed by atoms with Gasteiger partial charge in [0.05, 0.1) is 18.4 Å². The van der Waals surface area contributed by atoms with E-state index in [-0.39, 0.29) is 19.1 Å². The predicted molar refractivity (Wildman–Crippen MR) is 102 cm³/mol. The summed E-state index contributed by atoms with van der Waals surface area (Å²) in [6, 6.07) is 9.64. The van der Waals surface area contributed by atoms with Crippen LogP contribution >= 0.6 is 0 Å². The molecule has 0 bridgehead atoms. The van der Waals surface area contributed by atoms with Crippen molar-refractivity contribution in [1.82, 2.24) is 25.1 Å². The minimum atomic E-state index is -0.129. The predicted octanol–water partition coefficient (Wildman–Crippen LogP) is 2.59. The van der Waals surface area contributed by atoms with E-state index in [4.69, 9.17) is 0 Å². The lowest BCUT2D eigenvalue weighted by Gasteiger charge is -2.21.